The largest absolute Gasteiger partial charge is 0.481 e. The SMILES string of the molecule is C=CCCC(=O)N(CC)CC(C)C(=O)O. The maximum Gasteiger partial charge on any atom is 0.308 e. The van der Waals surface area contributed by atoms with Crippen molar-refractivity contribution in [2.75, 3.05) is 13.1 Å². The number of hydrogen-bond donors (Lipinski definition) is 1. The van der Waals surface area contributed by atoms with Gasteiger partial charge in [-0.05, 0) is 13.3 Å². The van der Waals surface area contributed by atoms with Crippen LogP contribution in [0, 0.1) is 5.92 Å². The molecule has 0 bridgehead atoms. The number of hydrogen-bond acceptors (Lipinski definition) is 2. The molecule has 0 aliphatic rings. The van der Waals surface area contributed by atoms with Crippen LogP contribution in [0.5, 0.6) is 0 Å². The van der Waals surface area contributed by atoms with E-state index in [9.17, 15) is 9.59 Å². The summed E-state index contributed by atoms with van der Waals surface area (Å²) in [5, 5.41) is 8.73. The number of aliphatic carboxylic acids is 1. The Kier molecular flexibility index (Phi) is 6.42. The first kappa shape index (κ1) is 13.7. The van der Waals surface area contributed by atoms with E-state index in [1.165, 1.54) is 0 Å². The minimum Gasteiger partial charge on any atom is -0.481 e. The van der Waals surface area contributed by atoms with Gasteiger partial charge in [0.25, 0.3) is 0 Å². The van der Waals surface area contributed by atoms with Crippen molar-refractivity contribution in [3.8, 4) is 0 Å². The molecule has 1 atom stereocenters. The van der Waals surface area contributed by atoms with E-state index in [2.05, 4.69) is 6.58 Å². The molecule has 0 heterocycles. The van der Waals surface area contributed by atoms with Crippen LogP contribution < -0.4 is 0 Å². The standard InChI is InChI=1S/C11H19NO3/c1-4-6-7-10(13)12(5-2)8-9(3)11(14)15/h4,9H,1,5-8H2,2-3H3,(H,14,15). The minimum atomic E-state index is -0.870. The molecular weight excluding hydrogens is 194 g/mol. The first-order valence-corrected chi connectivity index (χ1v) is 5.14. The van der Waals surface area contributed by atoms with Crippen LogP contribution in [0.15, 0.2) is 12.7 Å². The van der Waals surface area contributed by atoms with Gasteiger partial charge < -0.3 is 10.0 Å². The van der Waals surface area contributed by atoms with Crippen molar-refractivity contribution >= 4 is 11.9 Å². The molecule has 4 heteroatoms. The fraction of sp³-hybridized carbons (Fsp3) is 0.636. The summed E-state index contributed by atoms with van der Waals surface area (Å²) in [4.78, 5) is 23.8. The lowest BCUT2D eigenvalue weighted by Gasteiger charge is -2.22. The number of rotatable bonds is 7. The molecule has 0 aromatic rings. The quantitative estimate of drug-likeness (QED) is 0.652. The fourth-order valence-corrected chi connectivity index (χ4v) is 1.20. The molecule has 1 amide bonds. The predicted octanol–water partition coefficient (Wildman–Crippen LogP) is 1.52. The van der Waals surface area contributed by atoms with Crippen LogP contribution in [-0.2, 0) is 9.59 Å². The molecule has 0 radical (unpaired) electrons. The fourth-order valence-electron chi connectivity index (χ4n) is 1.20. The molecule has 0 aromatic carbocycles. The number of amides is 1. The van der Waals surface area contributed by atoms with Crippen molar-refractivity contribution in [2.24, 2.45) is 5.92 Å². The van der Waals surface area contributed by atoms with Gasteiger partial charge in [-0.1, -0.05) is 13.0 Å². The molecule has 1 N–H and O–H groups in total. The zero-order valence-electron chi connectivity index (χ0n) is 9.40. The molecule has 0 rings (SSSR count). The van der Waals surface area contributed by atoms with Crippen molar-refractivity contribution in [1.29, 1.82) is 0 Å². The molecule has 0 saturated heterocycles. The highest BCUT2D eigenvalue weighted by Gasteiger charge is 2.18. The van der Waals surface area contributed by atoms with Gasteiger partial charge in [0.15, 0.2) is 0 Å². The Morgan fingerprint density at radius 1 is 1.53 bits per heavy atom. The number of carboxylic acids is 1. The second-order valence-electron chi connectivity index (χ2n) is 3.50. The van der Waals surface area contributed by atoms with Crippen LogP contribution in [-0.4, -0.2) is 35.0 Å². The third-order valence-corrected chi connectivity index (χ3v) is 2.21. The van der Waals surface area contributed by atoms with E-state index >= 15 is 0 Å². The van der Waals surface area contributed by atoms with Crippen molar-refractivity contribution < 1.29 is 14.7 Å². The zero-order valence-corrected chi connectivity index (χ0v) is 9.40. The van der Waals surface area contributed by atoms with Crippen molar-refractivity contribution in [3.63, 3.8) is 0 Å². The van der Waals surface area contributed by atoms with Crippen LogP contribution in [0.25, 0.3) is 0 Å². The number of carbonyl (C=O) groups is 2. The van der Waals surface area contributed by atoms with Gasteiger partial charge in [-0.3, -0.25) is 9.59 Å². The van der Waals surface area contributed by atoms with Gasteiger partial charge in [0.2, 0.25) is 5.91 Å². The lowest BCUT2D eigenvalue weighted by Crippen LogP contribution is -2.36. The van der Waals surface area contributed by atoms with E-state index in [4.69, 9.17) is 5.11 Å². The van der Waals surface area contributed by atoms with E-state index < -0.39 is 11.9 Å². The Morgan fingerprint density at radius 3 is 2.53 bits per heavy atom. The van der Waals surface area contributed by atoms with Gasteiger partial charge in [0, 0.05) is 19.5 Å². The van der Waals surface area contributed by atoms with E-state index in [0.717, 1.165) is 0 Å². The molecule has 4 nitrogen and oxygen atoms in total. The highest BCUT2D eigenvalue weighted by Crippen LogP contribution is 2.04. The Hall–Kier alpha value is -1.32. The van der Waals surface area contributed by atoms with E-state index in [-0.39, 0.29) is 12.5 Å². The first-order valence-electron chi connectivity index (χ1n) is 5.14. The summed E-state index contributed by atoms with van der Waals surface area (Å²) in [5.74, 6) is -1.40. The molecular formula is C11H19NO3. The molecule has 0 aliphatic carbocycles. The zero-order chi connectivity index (χ0) is 11.8. The van der Waals surface area contributed by atoms with E-state index in [1.807, 2.05) is 6.92 Å². The van der Waals surface area contributed by atoms with Crippen molar-refractivity contribution in [2.45, 2.75) is 26.7 Å². The summed E-state index contributed by atoms with van der Waals surface area (Å²) >= 11 is 0. The maximum absolute atomic E-state index is 11.6. The lowest BCUT2D eigenvalue weighted by molar-refractivity contribution is -0.143. The Morgan fingerprint density at radius 2 is 2.13 bits per heavy atom. The van der Waals surface area contributed by atoms with Crippen LogP contribution >= 0.6 is 0 Å². The molecule has 15 heavy (non-hydrogen) atoms. The summed E-state index contributed by atoms with van der Waals surface area (Å²) in [7, 11) is 0. The summed E-state index contributed by atoms with van der Waals surface area (Å²) in [6.07, 6.45) is 2.73. The molecule has 0 aromatic heterocycles. The number of carbonyl (C=O) groups excluding carboxylic acids is 1. The Labute approximate surface area is 90.6 Å². The van der Waals surface area contributed by atoms with Crippen LogP contribution in [0.2, 0.25) is 0 Å². The van der Waals surface area contributed by atoms with Crippen LogP contribution in [0.3, 0.4) is 0 Å². The van der Waals surface area contributed by atoms with Gasteiger partial charge in [-0.2, -0.15) is 0 Å². The van der Waals surface area contributed by atoms with Gasteiger partial charge in [0.1, 0.15) is 0 Å². The monoisotopic (exact) mass is 213 g/mol. The minimum absolute atomic E-state index is 0.00880. The van der Waals surface area contributed by atoms with E-state index in [0.29, 0.717) is 19.4 Å². The molecule has 86 valence electrons. The van der Waals surface area contributed by atoms with Gasteiger partial charge in [-0.15, -0.1) is 6.58 Å². The average molecular weight is 213 g/mol. The predicted molar refractivity (Wildman–Crippen MR) is 58.5 cm³/mol. The summed E-state index contributed by atoms with van der Waals surface area (Å²) in [5.41, 5.74) is 0. The average Bonchev–Trinajstić information content (AvgIpc) is 2.21. The third kappa shape index (κ3) is 5.20. The smallest absolute Gasteiger partial charge is 0.308 e. The number of carboxylic acid groups (broad SMARTS) is 1. The Balaban J connectivity index is 4.17. The topological polar surface area (TPSA) is 57.6 Å². The second-order valence-corrected chi connectivity index (χ2v) is 3.50. The lowest BCUT2D eigenvalue weighted by atomic mass is 10.1. The van der Waals surface area contributed by atoms with Crippen molar-refractivity contribution in [3.05, 3.63) is 12.7 Å². The Bertz CT molecular complexity index is 238. The highest BCUT2D eigenvalue weighted by atomic mass is 16.4. The third-order valence-electron chi connectivity index (χ3n) is 2.21. The summed E-state index contributed by atoms with van der Waals surface area (Å²) in [6.45, 7) is 7.82. The number of allylic oxidation sites excluding steroid dienone is 1. The van der Waals surface area contributed by atoms with Crippen LogP contribution in [0.4, 0.5) is 0 Å². The number of nitrogens with zero attached hydrogens (tertiary/aromatic N) is 1. The normalized spacial score (nSPS) is 11.9. The van der Waals surface area contributed by atoms with E-state index in [1.54, 1.807) is 17.9 Å². The van der Waals surface area contributed by atoms with Gasteiger partial charge in [0.05, 0.1) is 5.92 Å². The van der Waals surface area contributed by atoms with Crippen molar-refractivity contribution in [1.82, 2.24) is 4.90 Å². The molecule has 0 saturated carbocycles. The summed E-state index contributed by atoms with van der Waals surface area (Å²) in [6, 6.07) is 0. The van der Waals surface area contributed by atoms with Gasteiger partial charge >= 0.3 is 5.97 Å². The molecule has 0 spiro atoms. The molecule has 1 unspecified atom stereocenters. The second kappa shape index (κ2) is 7.04. The first-order chi connectivity index (χ1) is 7.02. The summed E-state index contributed by atoms with van der Waals surface area (Å²) < 4.78 is 0. The van der Waals surface area contributed by atoms with Crippen LogP contribution in [0.1, 0.15) is 26.7 Å². The molecule has 0 fully saturated rings. The maximum atomic E-state index is 11.6. The molecule has 0 aliphatic heterocycles. The highest BCUT2D eigenvalue weighted by molar-refractivity contribution is 5.77. The van der Waals surface area contributed by atoms with Gasteiger partial charge in [-0.25, -0.2) is 0 Å².